The molecule has 2 aromatic carbocycles. The van der Waals surface area contributed by atoms with Gasteiger partial charge in [-0.15, -0.1) is 0 Å². The van der Waals surface area contributed by atoms with Crippen molar-refractivity contribution < 1.29 is 19.1 Å². The smallest absolute Gasteiger partial charge is 0.271 e. The summed E-state index contributed by atoms with van der Waals surface area (Å²) in [6, 6.07) is 19.7. The van der Waals surface area contributed by atoms with Gasteiger partial charge in [0.15, 0.2) is 11.4 Å². The minimum absolute atomic E-state index is 0.00247. The number of ether oxygens (including phenoxy) is 2. The molecule has 0 aliphatic carbocycles. The molecule has 0 aliphatic heterocycles. The second-order valence-electron chi connectivity index (χ2n) is 7.55. The molecule has 1 aromatic heterocycles. The Morgan fingerprint density at radius 1 is 0.882 bits per heavy atom. The van der Waals surface area contributed by atoms with Crippen LogP contribution in [0.2, 0.25) is 0 Å². The van der Waals surface area contributed by atoms with E-state index in [1.54, 1.807) is 42.1 Å². The second kappa shape index (κ2) is 13.0. The summed E-state index contributed by atoms with van der Waals surface area (Å²) in [5.41, 5.74) is 1.24. The van der Waals surface area contributed by atoms with Crippen molar-refractivity contribution in [3.05, 3.63) is 100.0 Å². The van der Waals surface area contributed by atoms with Crippen molar-refractivity contribution in [1.82, 2.24) is 15.2 Å². The number of hydrogen-bond donors (Lipinski definition) is 2. The summed E-state index contributed by atoms with van der Waals surface area (Å²) in [7, 11) is 1.57. The number of nitrogens with zero attached hydrogens (tertiary/aromatic N) is 1. The van der Waals surface area contributed by atoms with Crippen molar-refractivity contribution in [2.24, 2.45) is 0 Å². The van der Waals surface area contributed by atoms with Crippen LogP contribution in [0.4, 0.5) is 0 Å². The van der Waals surface area contributed by atoms with E-state index in [1.165, 1.54) is 6.07 Å². The predicted octanol–water partition coefficient (Wildman–Crippen LogP) is 2.62. The number of hydrogen-bond acceptors (Lipinski definition) is 5. The van der Waals surface area contributed by atoms with E-state index >= 15 is 0 Å². The number of pyridine rings is 1. The van der Waals surface area contributed by atoms with E-state index in [0.717, 1.165) is 5.56 Å². The van der Waals surface area contributed by atoms with Crippen LogP contribution >= 0.6 is 0 Å². The molecule has 3 aromatic rings. The van der Waals surface area contributed by atoms with Crippen LogP contribution in [0.1, 0.15) is 32.8 Å². The average Bonchev–Trinajstić information content (AvgIpc) is 2.87. The van der Waals surface area contributed by atoms with Gasteiger partial charge in [-0.3, -0.25) is 14.4 Å². The lowest BCUT2D eigenvalue weighted by Crippen LogP contribution is -2.33. The Kier molecular flexibility index (Phi) is 9.42. The van der Waals surface area contributed by atoms with Crippen LogP contribution < -0.4 is 20.8 Å². The van der Waals surface area contributed by atoms with Crippen molar-refractivity contribution in [1.29, 1.82) is 0 Å². The van der Waals surface area contributed by atoms with Gasteiger partial charge in [-0.05, 0) is 24.1 Å². The minimum atomic E-state index is -0.425. The van der Waals surface area contributed by atoms with Gasteiger partial charge < -0.3 is 24.7 Å². The molecule has 2 amide bonds. The fourth-order valence-corrected chi connectivity index (χ4v) is 3.30. The van der Waals surface area contributed by atoms with Crippen LogP contribution in [0.25, 0.3) is 0 Å². The van der Waals surface area contributed by atoms with Gasteiger partial charge in [0, 0.05) is 44.6 Å². The molecule has 0 fully saturated rings. The van der Waals surface area contributed by atoms with E-state index in [2.05, 4.69) is 10.6 Å². The van der Waals surface area contributed by atoms with Crippen LogP contribution in [0.5, 0.6) is 5.75 Å². The van der Waals surface area contributed by atoms with Gasteiger partial charge in [0.2, 0.25) is 5.43 Å². The Hall–Kier alpha value is -3.91. The van der Waals surface area contributed by atoms with Crippen LogP contribution in [0, 0.1) is 0 Å². The molecule has 8 heteroatoms. The summed E-state index contributed by atoms with van der Waals surface area (Å²) in [5.74, 6) is -0.594. The summed E-state index contributed by atoms with van der Waals surface area (Å²) in [6.45, 7) is 1.63. The maximum absolute atomic E-state index is 13.1. The fraction of sp³-hybridized carbons (Fsp3) is 0.269. The Morgan fingerprint density at radius 3 is 2.21 bits per heavy atom. The van der Waals surface area contributed by atoms with Crippen LogP contribution in [0.3, 0.4) is 0 Å². The van der Waals surface area contributed by atoms with Gasteiger partial charge in [-0.25, -0.2) is 0 Å². The molecule has 0 unspecified atom stereocenters. The summed E-state index contributed by atoms with van der Waals surface area (Å²) in [5, 5.41) is 5.65. The molecular weight excluding hydrogens is 434 g/mol. The van der Waals surface area contributed by atoms with E-state index < -0.39 is 5.91 Å². The Balaban J connectivity index is 1.63. The van der Waals surface area contributed by atoms with E-state index in [9.17, 15) is 14.4 Å². The van der Waals surface area contributed by atoms with E-state index in [1.807, 2.05) is 36.4 Å². The summed E-state index contributed by atoms with van der Waals surface area (Å²) in [6.07, 6.45) is 2.09. The number of methoxy groups -OCH3 is 1. The Labute approximate surface area is 198 Å². The van der Waals surface area contributed by atoms with Crippen LogP contribution in [0.15, 0.2) is 77.7 Å². The standard InChI is InChI=1S/C26H29N3O5/c1-33-18-17-29-16-13-22(30)24(34-19-20-9-4-2-5-10-20)23(29)26(32)28-15-8-14-27-25(31)21-11-6-3-7-12-21/h2-7,9-13,16H,8,14-15,17-19H2,1H3,(H,27,31)(H,28,32). The van der Waals surface area contributed by atoms with Crippen LogP contribution in [-0.4, -0.2) is 43.2 Å². The molecule has 0 aliphatic rings. The van der Waals surface area contributed by atoms with Crippen molar-refractivity contribution in [3.8, 4) is 5.75 Å². The van der Waals surface area contributed by atoms with E-state index in [4.69, 9.17) is 9.47 Å². The van der Waals surface area contributed by atoms with Crippen molar-refractivity contribution in [2.75, 3.05) is 26.8 Å². The van der Waals surface area contributed by atoms with Gasteiger partial charge in [0.25, 0.3) is 11.8 Å². The number of rotatable bonds is 12. The molecule has 178 valence electrons. The molecule has 34 heavy (non-hydrogen) atoms. The SMILES string of the molecule is COCCn1ccc(=O)c(OCc2ccccc2)c1C(=O)NCCCNC(=O)c1ccccc1. The third-order valence-corrected chi connectivity index (χ3v) is 5.07. The number of carbonyl (C=O) groups excluding carboxylic acids is 2. The molecule has 1 heterocycles. The van der Waals surface area contributed by atoms with Gasteiger partial charge >= 0.3 is 0 Å². The molecule has 0 spiro atoms. The first-order chi connectivity index (χ1) is 16.6. The zero-order chi connectivity index (χ0) is 24.2. The van der Waals surface area contributed by atoms with Crippen molar-refractivity contribution >= 4 is 11.8 Å². The van der Waals surface area contributed by atoms with Gasteiger partial charge in [-0.2, -0.15) is 0 Å². The average molecular weight is 464 g/mol. The summed E-state index contributed by atoms with van der Waals surface area (Å²) < 4.78 is 12.6. The molecule has 0 bridgehead atoms. The lowest BCUT2D eigenvalue weighted by Gasteiger charge is -2.17. The number of amides is 2. The monoisotopic (exact) mass is 463 g/mol. The highest BCUT2D eigenvalue weighted by Crippen LogP contribution is 2.16. The van der Waals surface area contributed by atoms with Crippen LogP contribution in [-0.2, 0) is 17.9 Å². The molecule has 0 saturated carbocycles. The third-order valence-electron chi connectivity index (χ3n) is 5.07. The molecule has 8 nitrogen and oxygen atoms in total. The van der Waals surface area contributed by atoms with Gasteiger partial charge in [-0.1, -0.05) is 48.5 Å². The summed E-state index contributed by atoms with van der Waals surface area (Å²) in [4.78, 5) is 37.7. The molecule has 0 saturated heterocycles. The highest BCUT2D eigenvalue weighted by molar-refractivity contribution is 5.95. The molecule has 0 radical (unpaired) electrons. The normalized spacial score (nSPS) is 10.5. The van der Waals surface area contributed by atoms with Crippen molar-refractivity contribution in [3.63, 3.8) is 0 Å². The first-order valence-corrected chi connectivity index (χ1v) is 11.1. The highest BCUT2D eigenvalue weighted by Gasteiger charge is 2.20. The number of aromatic nitrogens is 1. The number of nitrogens with one attached hydrogen (secondary N) is 2. The zero-order valence-electron chi connectivity index (χ0n) is 19.2. The predicted molar refractivity (Wildman–Crippen MR) is 129 cm³/mol. The topological polar surface area (TPSA) is 98.7 Å². The lowest BCUT2D eigenvalue weighted by molar-refractivity contribution is 0.0933. The quantitative estimate of drug-likeness (QED) is 0.403. The van der Waals surface area contributed by atoms with Crippen molar-refractivity contribution in [2.45, 2.75) is 19.6 Å². The molecule has 0 atom stereocenters. The number of carbonyl (C=O) groups is 2. The first kappa shape index (κ1) is 24.7. The van der Waals surface area contributed by atoms with E-state index in [0.29, 0.717) is 38.2 Å². The summed E-state index contributed by atoms with van der Waals surface area (Å²) >= 11 is 0. The fourth-order valence-electron chi connectivity index (χ4n) is 3.30. The van der Waals surface area contributed by atoms with Gasteiger partial charge in [0.05, 0.1) is 6.61 Å². The first-order valence-electron chi connectivity index (χ1n) is 11.1. The zero-order valence-corrected chi connectivity index (χ0v) is 19.2. The molecule has 2 N–H and O–H groups in total. The maximum atomic E-state index is 13.1. The second-order valence-corrected chi connectivity index (χ2v) is 7.55. The third kappa shape index (κ3) is 7.05. The van der Waals surface area contributed by atoms with Gasteiger partial charge in [0.1, 0.15) is 6.61 Å². The molecule has 3 rings (SSSR count). The maximum Gasteiger partial charge on any atom is 0.271 e. The Bertz CT molecular complexity index is 1130. The number of benzene rings is 2. The lowest BCUT2D eigenvalue weighted by atomic mass is 10.2. The Morgan fingerprint density at radius 2 is 1.53 bits per heavy atom. The molecular formula is C26H29N3O5. The largest absolute Gasteiger partial charge is 0.483 e. The highest BCUT2D eigenvalue weighted by atomic mass is 16.5. The van der Waals surface area contributed by atoms with E-state index in [-0.39, 0.29) is 29.4 Å². The minimum Gasteiger partial charge on any atom is -0.483 e.